The predicted octanol–water partition coefficient (Wildman–Crippen LogP) is 2.30. The van der Waals surface area contributed by atoms with Gasteiger partial charge in [0.2, 0.25) is 0 Å². The van der Waals surface area contributed by atoms with Crippen molar-refractivity contribution in [2.24, 2.45) is 0 Å². The Morgan fingerprint density at radius 2 is 2.15 bits per heavy atom. The summed E-state index contributed by atoms with van der Waals surface area (Å²) >= 11 is 0. The third kappa shape index (κ3) is 2.62. The van der Waals surface area contributed by atoms with Crippen LogP contribution in [0.15, 0.2) is 24.3 Å². The second-order valence-corrected chi connectivity index (χ2v) is 3.89. The molecule has 8 heteroatoms. The van der Waals surface area contributed by atoms with E-state index in [2.05, 4.69) is 10.3 Å². The van der Waals surface area contributed by atoms with E-state index in [0.717, 1.165) is 16.8 Å². The third-order valence-corrected chi connectivity index (χ3v) is 2.57. The van der Waals surface area contributed by atoms with Crippen LogP contribution in [0.5, 0.6) is 0 Å². The molecule has 0 fully saturated rings. The van der Waals surface area contributed by atoms with Crippen LogP contribution in [0.1, 0.15) is 17.0 Å². The predicted molar refractivity (Wildman–Crippen MR) is 61.8 cm³/mol. The Labute approximate surface area is 112 Å². The molecule has 0 N–H and O–H groups in total. The lowest BCUT2D eigenvalue weighted by atomic mass is 10.2. The molecule has 1 heterocycles. The summed E-state index contributed by atoms with van der Waals surface area (Å²) in [6, 6.07) is 6.43. The van der Waals surface area contributed by atoms with Gasteiger partial charge in [-0.2, -0.15) is 18.4 Å². The number of rotatable bonds is 3. The van der Waals surface area contributed by atoms with Gasteiger partial charge in [0, 0.05) is 7.11 Å². The van der Waals surface area contributed by atoms with E-state index in [-0.39, 0.29) is 18.0 Å². The summed E-state index contributed by atoms with van der Waals surface area (Å²) in [5.74, 6) is 0. The van der Waals surface area contributed by atoms with Gasteiger partial charge in [-0.25, -0.2) is 4.68 Å². The van der Waals surface area contributed by atoms with Crippen molar-refractivity contribution < 1.29 is 17.9 Å². The van der Waals surface area contributed by atoms with Crippen LogP contribution in [0.4, 0.5) is 13.2 Å². The number of alkyl halides is 3. The van der Waals surface area contributed by atoms with Crippen molar-refractivity contribution in [3.8, 4) is 11.8 Å². The van der Waals surface area contributed by atoms with Gasteiger partial charge in [0.05, 0.1) is 17.9 Å². The van der Waals surface area contributed by atoms with E-state index >= 15 is 0 Å². The van der Waals surface area contributed by atoms with Crippen molar-refractivity contribution >= 4 is 0 Å². The first-order chi connectivity index (χ1) is 9.47. The summed E-state index contributed by atoms with van der Waals surface area (Å²) in [4.78, 5) is 0. The topological polar surface area (TPSA) is 63.7 Å². The molecule has 0 bridgehead atoms. The summed E-state index contributed by atoms with van der Waals surface area (Å²) < 4.78 is 44.1. The van der Waals surface area contributed by atoms with Gasteiger partial charge in [0.15, 0.2) is 5.69 Å². The number of benzene rings is 1. The van der Waals surface area contributed by atoms with Crippen LogP contribution in [-0.2, 0) is 17.5 Å². The monoisotopic (exact) mass is 282 g/mol. The fraction of sp³-hybridized carbons (Fsp3) is 0.250. The Kier molecular flexibility index (Phi) is 3.72. The number of halogens is 3. The average molecular weight is 282 g/mol. The normalized spacial score (nSPS) is 11.3. The van der Waals surface area contributed by atoms with Crippen molar-refractivity contribution in [1.82, 2.24) is 15.0 Å². The first-order valence-electron chi connectivity index (χ1n) is 5.48. The zero-order valence-electron chi connectivity index (χ0n) is 10.3. The van der Waals surface area contributed by atoms with Gasteiger partial charge in [-0.1, -0.05) is 11.3 Å². The van der Waals surface area contributed by atoms with Crippen molar-refractivity contribution in [2.75, 3.05) is 7.11 Å². The molecule has 5 nitrogen and oxygen atoms in total. The van der Waals surface area contributed by atoms with Gasteiger partial charge in [0.25, 0.3) is 0 Å². The molecule has 1 aromatic carbocycles. The number of methoxy groups -OCH3 is 1. The minimum atomic E-state index is -4.45. The van der Waals surface area contributed by atoms with Gasteiger partial charge < -0.3 is 4.74 Å². The summed E-state index contributed by atoms with van der Waals surface area (Å²) in [5.41, 5.74) is -0.313. The van der Waals surface area contributed by atoms with E-state index in [0.29, 0.717) is 5.69 Å². The van der Waals surface area contributed by atoms with E-state index < -0.39 is 11.7 Å². The minimum absolute atomic E-state index is 0.0178. The Bertz CT molecular complexity index is 657. The number of hydrogen-bond acceptors (Lipinski definition) is 4. The van der Waals surface area contributed by atoms with E-state index in [9.17, 15) is 13.2 Å². The van der Waals surface area contributed by atoms with E-state index in [4.69, 9.17) is 10.00 Å². The van der Waals surface area contributed by atoms with Crippen LogP contribution in [0.2, 0.25) is 0 Å². The Balaban J connectivity index is 2.52. The number of hydrogen-bond donors (Lipinski definition) is 0. The van der Waals surface area contributed by atoms with Crippen LogP contribution < -0.4 is 0 Å². The lowest BCUT2D eigenvalue weighted by Gasteiger charge is -2.10. The summed E-state index contributed by atoms with van der Waals surface area (Å²) in [7, 11) is 1.41. The van der Waals surface area contributed by atoms with Crippen molar-refractivity contribution in [3.05, 3.63) is 41.2 Å². The zero-order chi connectivity index (χ0) is 14.8. The second-order valence-electron chi connectivity index (χ2n) is 3.89. The summed E-state index contributed by atoms with van der Waals surface area (Å²) in [6.07, 6.45) is -4.45. The van der Waals surface area contributed by atoms with Crippen LogP contribution in [0.25, 0.3) is 5.69 Å². The van der Waals surface area contributed by atoms with Crippen molar-refractivity contribution in [1.29, 1.82) is 5.26 Å². The fourth-order valence-corrected chi connectivity index (χ4v) is 1.68. The van der Waals surface area contributed by atoms with Crippen LogP contribution in [0.3, 0.4) is 0 Å². The van der Waals surface area contributed by atoms with E-state index in [1.165, 1.54) is 19.2 Å². The number of ether oxygens (including phenoxy) is 1. The number of nitrogens with zero attached hydrogens (tertiary/aromatic N) is 4. The molecule has 2 aromatic rings. The van der Waals surface area contributed by atoms with E-state index in [1.807, 2.05) is 6.07 Å². The largest absolute Gasteiger partial charge is 0.416 e. The van der Waals surface area contributed by atoms with E-state index in [1.54, 1.807) is 0 Å². The summed E-state index contributed by atoms with van der Waals surface area (Å²) in [6.45, 7) is 0.0200. The SMILES string of the molecule is COCc1c(C#N)nnn1-c1cccc(C(F)(F)F)c1. The van der Waals surface area contributed by atoms with Crippen molar-refractivity contribution in [3.63, 3.8) is 0 Å². The van der Waals surface area contributed by atoms with Gasteiger partial charge in [-0.3, -0.25) is 0 Å². The van der Waals surface area contributed by atoms with Gasteiger partial charge in [-0.05, 0) is 18.2 Å². The Hall–Kier alpha value is -2.40. The minimum Gasteiger partial charge on any atom is -0.378 e. The molecule has 0 saturated carbocycles. The highest BCUT2D eigenvalue weighted by Gasteiger charge is 2.30. The molecule has 0 amide bonds. The molecule has 0 aliphatic rings. The molecule has 0 saturated heterocycles. The molecular formula is C12H9F3N4O. The molecule has 0 unspecified atom stereocenters. The van der Waals surface area contributed by atoms with Gasteiger partial charge in [-0.15, -0.1) is 5.10 Å². The zero-order valence-corrected chi connectivity index (χ0v) is 10.3. The Morgan fingerprint density at radius 1 is 1.40 bits per heavy atom. The molecule has 0 atom stereocenters. The molecular weight excluding hydrogens is 273 g/mol. The maximum absolute atomic E-state index is 12.7. The lowest BCUT2D eigenvalue weighted by Crippen LogP contribution is -2.08. The standard InChI is InChI=1S/C12H9F3N4O/c1-20-7-11-10(6-16)17-18-19(11)9-4-2-3-8(5-9)12(13,14)15/h2-5H,7H2,1H3. The molecule has 104 valence electrons. The van der Waals surface area contributed by atoms with Crippen LogP contribution >= 0.6 is 0 Å². The lowest BCUT2D eigenvalue weighted by molar-refractivity contribution is -0.137. The third-order valence-electron chi connectivity index (χ3n) is 2.57. The smallest absolute Gasteiger partial charge is 0.378 e. The molecule has 0 radical (unpaired) electrons. The summed E-state index contributed by atoms with van der Waals surface area (Å²) in [5, 5.41) is 16.2. The molecule has 0 spiro atoms. The molecule has 2 rings (SSSR count). The van der Waals surface area contributed by atoms with Gasteiger partial charge in [0.1, 0.15) is 11.8 Å². The average Bonchev–Trinajstić information content (AvgIpc) is 2.81. The first-order valence-corrected chi connectivity index (χ1v) is 5.48. The highest BCUT2D eigenvalue weighted by atomic mass is 19.4. The van der Waals surface area contributed by atoms with Gasteiger partial charge >= 0.3 is 6.18 Å². The van der Waals surface area contributed by atoms with Crippen LogP contribution in [-0.4, -0.2) is 22.1 Å². The highest BCUT2D eigenvalue weighted by molar-refractivity contribution is 5.39. The van der Waals surface area contributed by atoms with Crippen molar-refractivity contribution in [2.45, 2.75) is 12.8 Å². The molecule has 0 aliphatic carbocycles. The van der Waals surface area contributed by atoms with Crippen LogP contribution in [0, 0.1) is 11.3 Å². The number of nitriles is 1. The maximum Gasteiger partial charge on any atom is 0.416 e. The number of aromatic nitrogens is 3. The molecule has 20 heavy (non-hydrogen) atoms. The fourth-order valence-electron chi connectivity index (χ4n) is 1.68. The molecule has 0 aliphatic heterocycles. The highest BCUT2D eigenvalue weighted by Crippen LogP contribution is 2.30. The quantitative estimate of drug-likeness (QED) is 0.866. The first kappa shape index (κ1) is 14.0. The Morgan fingerprint density at radius 3 is 2.75 bits per heavy atom. The molecule has 1 aromatic heterocycles. The maximum atomic E-state index is 12.7. The second kappa shape index (κ2) is 5.30.